The summed E-state index contributed by atoms with van der Waals surface area (Å²) < 4.78 is 15.0. The zero-order valence-corrected chi connectivity index (χ0v) is 16.7. The van der Waals surface area contributed by atoms with Crippen molar-refractivity contribution in [1.82, 2.24) is 9.47 Å². The van der Waals surface area contributed by atoms with Gasteiger partial charge in [-0.2, -0.15) is 11.8 Å². The molecule has 4 rings (SSSR count). The second kappa shape index (κ2) is 8.09. The van der Waals surface area contributed by atoms with Gasteiger partial charge in [0.15, 0.2) is 0 Å². The number of anilines is 1. The Bertz CT molecular complexity index is 928. The summed E-state index contributed by atoms with van der Waals surface area (Å²) in [7, 11) is 0. The average Bonchev–Trinajstić information content (AvgIpc) is 2.66. The summed E-state index contributed by atoms with van der Waals surface area (Å²) in [6, 6.07) is 10.4. The van der Waals surface area contributed by atoms with Crippen LogP contribution in [0.2, 0.25) is 0 Å². The number of thioether (sulfide) groups is 1. The molecule has 5 nitrogen and oxygen atoms in total. The number of halogens is 1. The molecule has 148 valence electrons. The molecule has 7 heteroatoms. The molecule has 0 aliphatic carbocycles. The topological polar surface area (TPSA) is 54.3 Å². The third-order valence-electron chi connectivity index (χ3n) is 5.55. The van der Waals surface area contributed by atoms with Crippen molar-refractivity contribution in [2.75, 3.05) is 30.4 Å². The van der Waals surface area contributed by atoms with E-state index in [2.05, 4.69) is 10.2 Å². The van der Waals surface area contributed by atoms with Crippen molar-refractivity contribution in [2.24, 2.45) is 5.92 Å². The maximum absolute atomic E-state index is 13.1. The van der Waals surface area contributed by atoms with Crippen molar-refractivity contribution in [3.63, 3.8) is 0 Å². The van der Waals surface area contributed by atoms with Gasteiger partial charge in [0.1, 0.15) is 11.5 Å². The van der Waals surface area contributed by atoms with Crippen LogP contribution in [-0.4, -0.2) is 40.5 Å². The van der Waals surface area contributed by atoms with Crippen LogP contribution in [0, 0.1) is 11.7 Å². The number of nitrogens with one attached hydrogen (secondary N) is 1. The van der Waals surface area contributed by atoms with Gasteiger partial charge in [0.05, 0.1) is 5.75 Å². The Morgan fingerprint density at radius 3 is 2.71 bits per heavy atom. The molecular formula is C21H24FN3O2S. The van der Waals surface area contributed by atoms with Gasteiger partial charge in [-0.15, -0.1) is 0 Å². The van der Waals surface area contributed by atoms with Crippen LogP contribution in [0.15, 0.2) is 41.2 Å². The highest BCUT2D eigenvalue weighted by Crippen LogP contribution is 2.36. The number of rotatable bonds is 5. The van der Waals surface area contributed by atoms with Crippen LogP contribution in [0.5, 0.6) is 0 Å². The van der Waals surface area contributed by atoms with E-state index in [1.165, 1.54) is 23.9 Å². The van der Waals surface area contributed by atoms with E-state index in [4.69, 9.17) is 0 Å². The molecule has 2 aliphatic heterocycles. The summed E-state index contributed by atoms with van der Waals surface area (Å²) in [5.41, 5.74) is 2.41. The molecule has 1 saturated heterocycles. The molecule has 2 bridgehead atoms. The van der Waals surface area contributed by atoms with Gasteiger partial charge in [0.25, 0.3) is 5.56 Å². The van der Waals surface area contributed by atoms with Crippen LogP contribution < -0.4 is 10.9 Å². The number of carbonyl (C=O) groups is 1. The number of aromatic nitrogens is 1. The fraction of sp³-hybridized carbons (Fsp3) is 0.429. The van der Waals surface area contributed by atoms with Gasteiger partial charge in [-0.3, -0.25) is 14.5 Å². The molecule has 1 fully saturated rings. The smallest absolute Gasteiger partial charge is 0.274 e. The molecule has 1 N–H and O–H groups in total. The van der Waals surface area contributed by atoms with Gasteiger partial charge in [-0.25, -0.2) is 4.39 Å². The zero-order valence-electron chi connectivity index (χ0n) is 15.9. The van der Waals surface area contributed by atoms with Crippen molar-refractivity contribution >= 4 is 23.4 Å². The minimum absolute atomic E-state index is 0.103. The average molecular weight is 402 g/mol. The third-order valence-corrected chi connectivity index (χ3v) is 6.10. The van der Waals surface area contributed by atoms with Gasteiger partial charge in [-0.1, -0.05) is 12.1 Å². The number of carbonyl (C=O) groups excluding carboxylic acids is 1. The fourth-order valence-corrected chi connectivity index (χ4v) is 4.77. The van der Waals surface area contributed by atoms with Crippen molar-refractivity contribution in [3.05, 3.63) is 63.8 Å². The molecule has 3 heterocycles. The normalized spacial score (nSPS) is 21.2. The molecular weight excluding hydrogens is 377 g/mol. The Balaban J connectivity index is 1.52. The van der Waals surface area contributed by atoms with E-state index in [0.29, 0.717) is 29.8 Å². The molecule has 1 amide bonds. The Labute approximate surface area is 167 Å². The molecule has 2 aromatic rings. The molecule has 0 saturated carbocycles. The standard InChI is InChI=1S/C21H24FN3O2S/c1-28-13-20(26)23-18-6-7-19-16-8-15(11-25(19)21(18)27)10-24(12-16)9-14-2-4-17(22)5-3-14/h2-7,15-16H,8-13H2,1H3,(H,23,26)/t15-,16+/m0/s1. The highest BCUT2D eigenvalue weighted by molar-refractivity contribution is 7.99. The Hall–Kier alpha value is -2.12. The van der Waals surface area contributed by atoms with Gasteiger partial charge in [0.2, 0.25) is 5.91 Å². The molecule has 0 radical (unpaired) electrons. The summed E-state index contributed by atoms with van der Waals surface area (Å²) >= 11 is 1.43. The van der Waals surface area contributed by atoms with Crippen LogP contribution >= 0.6 is 11.8 Å². The predicted molar refractivity (Wildman–Crippen MR) is 110 cm³/mol. The minimum Gasteiger partial charge on any atom is -0.321 e. The maximum Gasteiger partial charge on any atom is 0.274 e. The lowest BCUT2D eigenvalue weighted by molar-refractivity contribution is -0.113. The van der Waals surface area contributed by atoms with Crippen molar-refractivity contribution in [3.8, 4) is 0 Å². The number of piperidine rings is 1. The first-order valence-electron chi connectivity index (χ1n) is 9.53. The quantitative estimate of drug-likeness (QED) is 0.837. The largest absolute Gasteiger partial charge is 0.321 e. The Morgan fingerprint density at radius 2 is 1.96 bits per heavy atom. The van der Waals surface area contributed by atoms with E-state index >= 15 is 0 Å². The van der Waals surface area contributed by atoms with Crippen LogP contribution in [0.3, 0.4) is 0 Å². The summed E-state index contributed by atoms with van der Waals surface area (Å²) in [6.45, 7) is 3.27. The van der Waals surface area contributed by atoms with Crippen molar-refractivity contribution in [1.29, 1.82) is 0 Å². The first-order chi connectivity index (χ1) is 13.5. The number of hydrogen-bond donors (Lipinski definition) is 1. The number of amides is 1. The van der Waals surface area contributed by atoms with Gasteiger partial charge < -0.3 is 9.88 Å². The zero-order chi connectivity index (χ0) is 19.7. The van der Waals surface area contributed by atoms with Crippen LogP contribution in [0.25, 0.3) is 0 Å². The first-order valence-corrected chi connectivity index (χ1v) is 10.9. The van der Waals surface area contributed by atoms with Crippen LogP contribution in [0.4, 0.5) is 10.1 Å². The molecule has 0 spiro atoms. The highest BCUT2D eigenvalue weighted by Gasteiger charge is 2.35. The number of nitrogens with zero attached hydrogens (tertiary/aromatic N) is 2. The summed E-state index contributed by atoms with van der Waals surface area (Å²) in [5, 5.41) is 2.74. The van der Waals surface area contributed by atoms with E-state index in [0.717, 1.165) is 37.3 Å². The van der Waals surface area contributed by atoms with Gasteiger partial charge >= 0.3 is 0 Å². The molecule has 1 aromatic heterocycles. The first kappa shape index (κ1) is 19.2. The second-order valence-electron chi connectivity index (χ2n) is 7.69. The van der Waals surface area contributed by atoms with E-state index in [1.807, 2.05) is 29.0 Å². The molecule has 0 unspecified atom stereocenters. The monoisotopic (exact) mass is 401 g/mol. The lowest BCUT2D eigenvalue weighted by atomic mass is 9.83. The number of fused-ring (bicyclic) bond motifs is 4. The van der Waals surface area contributed by atoms with E-state index in [1.54, 1.807) is 6.07 Å². The van der Waals surface area contributed by atoms with E-state index < -0.39 is 0 Å². The molecule has 28 heavy (non-hydrogen) atoms. The maximum atomic E-state index is 13.1. The molecule has 1 aromatic carbocycles. The summed E-state index contributed by atoms with van der Waals surface area (Å²) in [4.78, 5) is 27.1. The number of hydrogen-bond acceptors (Lipinski definition) is 4. The Morgan fingerprint density at radius 1 is 1.18 bits per heavy atom. The van der Waals surface area contributed by atoms with Crippen molar-refractivity contribution < 1.29 is 9.18 Å². The van der Waals surface area contributed by atoms with Gasteiger partial charge in [-0.05, 0) is 48.4 Å². The van der Waals surface area contributed by atoms with Crippen molar-refractivity contribution in [2.45, 2.75) is 25.4 Å². The van der Waals surface area contributed by atoms with E-state index in [-0.39, 0.29) is 17.3 Å². The van der Waals surface area contributed by atoms with E-state index in [9.17, 15) is 14.0 Å². The SMILES string of the molecule is CSCC(=O)Nc1ccc2n(c1=O)C[C@H]1C[C@@H]2CN(Cc2ccc(F)cc2)C1. The second-order valence-corrected chi connectivity index (χ2v) is 8.55. The van der Waals surface area contributed by atoms with Gasteiger partial charge in [0, 0.05) is 37.8 Å². The molecule has 2 aliphatic rings. The minimum atomic E-state index is -0.215. The fourth-order valence-electron chi connectivity index (χ4n) is 4.43. The van der Waals surface area contributed by atoms with Crippen LogP contribution in [-0.2, 0) is 17.9 Å². The third kappa shape index (κ3) is 4.00. The lowest BCUT2D eigenvalue weighted by Gasteiger charge is -2.43. The number of likely N-dealkylation sites (tertiary alicyclic amines) is 1. The number of pyridine rings is 1. The predicted octanol–water partition coefficient (Wildman–Crippen LogP) is 2.91. The Kier molecular flexibility index (Phi) is 5.55. The lowest BCUT2D eigenvalue weighted by Crippen LogP contribution is -2.47. The summed E-state index contributed by atoms with van der Waals surface area (Å²) in [6.07, 6.45) is 2.94. The number of benzene rings is 1. The van der Waals surface area contributed by atoms with Crippen LogP contribution in [0.1, 0.15) is 23.6 Å². The highest BCUT2D eigenvalue weighted by atomic mass is 32.2. The molecule has 2 atom stereocenters. The summed E-state index contributed by atoms with van der Waals surface area (Å²) in [5.74, 6) is 0.683.